The van der Waals surface area contributed by atoms with Crippen molar-refractivity contribution in [1.29, 1.82) is 0 Å². The summed E-state index contributed by atoms with van der Waals surface area (Å²) in [5, 5.41) is 88.4. The van der Waals surface area contributed by atoms with Gasteiger partial charge < -0.3 is 88.6 Å². The molecule has 2 aliphatic carbocycles. The number of nitrogens with one attached hydrogen (secondary N) is 2. The fourth-order valence-electron chi connectivity index (χ4n) is 6.43. The monoisotopic (exact) mass is 638 g/mol. The average Bonchev–Trinajstić information content (AvgIpc) is 3.60. The van der Waals surface area contributed by atoms with Crippen molar-refractivity contribution >= 4 is 5.91 Å². The molecular weight excluding hydrogens is 588 g/mol. The molecule has 2 aliphatic heterocycles. The molecule has 4 aliphatic rings. The van der Waals surface area contributed by atoms with Gasteiger partial charge in [-0.25, -0.2) is 0 Å². The highest BCUT2D eigenvalue weighted by molar-refractivity contribution is 5.89. The van der Waals surface area contributed by atoms with E-state index in [1.54, 1.807) is 0 Å². The van der Waals surface area contributed by atoms with Gasteiger partial charge in [0.05, 0.1) is 55.8 Å². The second-order valence-electron chi connectivity index (χ2n) is 13.0. The highest BCUT2D eigenvalue weighted by Crippen LogP contribution is 2.39. The van der Waals surface area contributed by atoms with Crippen molar-refractivity contribution in [1.82, 2.24) is 10.6 Å². The highest BCUT2D eigenvalue weighted by Gasteiger charge is 2.60. The van der Waals surface area contributed by atoms with Gasteiger partial charge in [0.25, 0.3) is 5.91 Å². The predicted octanol–water partition coefficient (Wildman–Crippen LogP) is -8.03. The third-order valence-electron chi connectivity index (χ3n) is 9.51. The lowest BCUT2D eigenvalue weighted by Gasteiger charge is -2.52. The molecule has 18 N–H and O–H groups in total. The summed E-state index contributed by atoms with van der Waals surface area (Å²) in [5.41, 5.74) is 21.2. The molecule has 18 nitrogen and oxygen atoms in total. The number of carbonyl (C=O) groups excluding carboxylic acids is 1. The van der Waals surface area contributed by atoms with Crippen LogP contribution in [0.1, 0.15) is 26.2 Å². The largest absolute Gasteiger partial charge is 0.394 e. The number of hydrogen-bond acceptors (Lipinski definition) is 17. The summed E-state index contributed by atoms with van der Waals surface area (Å²) in [6.07, 6.45) is -11.2. The molecule has 1 amide bonds. The average molecular weight is 639 g/mol. The van der Waals surface area contributed by atoms with Crippen LogP contribution in [0.3, 0.4) is 0 Å². The summed E-state index contributed by atoms with van der Waals surface area (Å²) < 4.78 is 18.0. The lowest BCUT2D eigenvalue weighted by atomic mass is 9.72. The van der Waals surface area contributed by atoms with Gasteiger partial charge in [-0.2, -0.15) is 0 Å². The molecule has 17 atom stereocenters. The van der Waals surface area contributed by atoms with E-state index in [1.807, 2.05) is 0 Å². The summed E-state index contributed by atoms with van der Waals surface area (Å²) in [4.78, 5) is 13.0. The van der Waals surface area contributed by atoms with Crippen LogP contribution in [-0.2, 0) is 19.0 Å². The number of rotatable bonds is 11. The predicted molar refractivity (Wildman–Crippen MR) is 150 cm³/mol. The minimum absolute atomic E-state index is 0.0149. The number of ether oxygens (including phenoxy) is 3. The van der Waals surface area contributed by atoms with E-state index in [1.165, 1.54) is 6.92 Å². The maximum Gasteiger partial charge on any atom is 0.253 e. The van der Waals surface area contributed by atoms with Crippen molar-refractivity contribution in [3.8, 4) is 0 Å². The number of nitrogens with two attached hydrogens (primary N) is 4. The van der Waals surface area contributed by atoms with Crippen LogP contribution in [0.15, 0.2) is 0 Å². The Balaban J connectivity index is 1.58. The van der Waals surface area contributed by atoms with Crippen molar-refractivity contribution in [2.75, 3.05) is 26.3 Å². The summed E-state index contributed by atoms with van der Waals surface area (Å²) >= 11 is 0. The van der Waals surface area contributed by atoms with Crippen LogP contribution in [0.2, 0.25) is 0 Å². The van der Waals surface area contributed by atoms with Crippen LogP contribution < -0.4 is 33.6 Å². The van der Waals surface area contributed by atoms with Gasteiger partial charge in [0.2, 0.25) is 0 Å². The minimum atomic E-state index is -1.81. The fourth-order valence-corrected chi connectivity index (χ4v) is 6.43. The Kier molecular flexibility index (Phi) is 11.3. The van der Waals surface area contributed by atoms with E-state index < -0.39 is 122 Å². The third kappa shape index (κ3) is 7.05. The smallest absolute Gasteiger partial charge is 0.253 e. The first kappa shape index (κ1) is 35.7. The molecule has 2 saturated carbocycles. The number of aliphatic hydroxyl groups is 8. The van der Waals surface area contributed by atoms with E-state index in [2.05, 4.69) is 10.6 Å². The standard InChI is InChI=1S/C26H50N6O12/c1-25(8-34)22(39)17(30)19(38)23(44-25)43-21-12(32-24(40)26(41)4-15(26)29)2-10(27)16(18(21)37)20-11(28)3-13(36)14(42-20)6-31-5-9(35)7-33/h9-23,31,33-39,41H,2-8,27-30H2,1H3,(H,32,40)/t9?,10-,11+,12+,13-,14+,15?,16?,17+,18-,19+,20-,21-,22-,23-,25-,26?/m0/s1. The Morgan fingerprint density at radius 1 is 1.07 bits per heavy atom. The molecule has 0 bridgehead atoms. The third-order valence-corrected chi connectivity index (χ3v) is 9.51. The Morgan fingerprint density at radius 3 is 2.32 bits per heavy atom. The number of aliphatic hydroxyl groups excluding tert-OH is 7. The van der Waals surface area contributed by atoms with Gasteiger partial charge >= 0.3 is 0 Å². The van der Waals surface area contributed by atoms with Crippen LogP contribution in [-0.4, -0.2) is 170 Å². The Hall–Kier alpha value is -1.17. The molecule has 0 aromatic rings. The molecule has 0 aromatic heterocycles. The minimum Gasteiger partial charge on any atom is -0.394 e. The van der Waals surface area contributed by atoms with Gasteiger partial charge in [-0.05, 0) is 19.8 Å². The molecule has 44 heavy (non-hydrogen) atoms. The molecule has 4 rings (SSSR count). The molecule has 0 radical (unpaired) electrons. The zero-order valence-electron chi connectivity index (χ0n) is 24.6. The zero-order valence-corrected chi connectivity index (χ0v) is 24.6. The van der Waals surface area contributed by atoms with Gasteiger partial charge in [0.15, 0.2) is 11.9 Å². The lowest BCUT2D eigenvalue weighted by molar-refractivity contribution is -0.333. The molecular formula is C26H50N6O12. The molecule has 2 heterocycles. The number of hydrogen-bond donors (Lipinski definition) is 14. The van der Waals surface area contributed by atoms with Crippen molar-refractivity contribution in [3.05, 3.63) is 0 Å². The maximum atomic E-state index is 13.0. The molecule has 4 fully saturated rings. The molecule has 2 saturated heterocycles. The van der Waals surface area contributed by atoms with Crippen molar-refractivity contribution < 1.29 is 59.9 Å². The van der Waals surface area contributed by atoms with E-state index >= 15 is 0 Å². The van der Waals surface area contributed by atoms with E-state index in [0.29, 0.717) is 0 Å². The summed E-state index contributed by atoms with van der Waals surface area (Å²) in [6, 6.07) is -4.77. The number of carbonyl (C=O) groups is 1. The van der Waals surface area contributed by atoms with Gasteiger partial charge in [-0.1, -0.05) is 0 Å². The highest BCUT2D eigenvalue weighted by atomic mass is 16.7. The van der Waals surface area contributed by atoms with E-state index in [-0.39, 0.29) is 32.4 Å². The maximum absolute atomic E-state index is 13.0. The number of amides is 1. The fraction of sp³-hybridized carbons (Fsp3) is 0.962. The van der Waals surface area contributed by atoms with E-state index in [0.717, 1.165) is 0 Å². The molecule has 0 spiro atoms. The van der Waals surface area contributed by atoms with Crippen LogP contribution in [0, 0.1) is 5.92 Å². The topological polar surface area (TPSA) is 335 Å². The SMILES string of the molecule is C[C@@]1(CO)O[C@H](O[C@H]2[C@H](NC(=O)C3(O)CC3N)C[C@H](N)C([C@H]3O[C@H](CNCC(O)CO)[C@@H](O)C[C@H]3N)[C@@H]2O)[C@H](O)[C@@H](N)[C@@H]1O. The van der Waals surface area contributed by atoms with Crippen LogP contribution in [0.25, 0.3) is 0 Å². The molecule has 18 heteroatoms. The normalized spacial score (nSPS) is 50.2. The van der Waals surface area contributed by atoms with Crippen molar-refractivity contribution in [2.24, 2.45) is 28.9 Å². The van der Waals surface area contributed by atoms with Gasteiger partial charge in [-0.3, -0.25) is 4.79 Å². The van der Waals surface area contributed by atoms with Crippen LogP contribution in [0.5, 0.6) is 0 Å². The second-order valence-corrected chi connectivity index (χ2v) is 13.0. The van der Waals surface area contributed by atoms with Crippen molar-refractivity contribution in [2.45, 2.75) is 123 Å². The van der Waals surface area contributed by atoms with Gasteiger partial charge in [-0.15, -0.1) is 0 Å². The Bertz CT molecular complexity index is 990. The molecule has 0 aromatic carbocycles. The molecule has 4 unspecified atom stereocenters. The quantitative estimate of drug-likeness (QED) is 0.0998. The summed E-state index contributed by atoms with van der Waals surface area (Å²) in [5.74, 6) is -1.74. The van der Waals surface area contributed by atoms with Gasteiger partial charge in [0.1, 0.15) is 23.9 Å². The molecule has 256 valence electrons. The van der Waals surface area contributed by atoms with Crippen molar-refractivity contribution in [3.63, 3.8) is 0 Å². The van der Waals surface area contributed by atoms with Crippen LogP contribution >= 0.6 is 0 Å². The van der Waals surface area contributed by atoms with Gasteiger partial charge in [0, 0.05) is 43.6 Å². The van der Waals surface area contributed by atoms with E-state index in [9.17, 15) is 40.5 Å². The Labute approximate surface area is 254 Å². The Morgan fingerprint density at radius 2 is 1.73 bits per heavy atom. The summed E-state index contributed by atoms with van der Waals surface area (Å²) in [6.45, 7) is 0.344. The zero-order chi connectivity index (χ0) is 32.7. The summed E-state index contributed by atoms with van der Waals surface area (Å²) in [7, 11) is 0. The first-order valence-corrected chi connectivity index (χ1v) is 14.9. The van der Waals surface area contributed by atoms with E-state index in [4.69, 9.17) is 42.3 Å². The van der Waals surface area contributed by atoms with Crippen LogP contribution in [0.4, 0.5) is 0 Å². The lowest BCUT2D eigenvalue weighted by Crippen LogP contribution is -2.71. The first-order chi connectivity index (χ1) is 20.6. The first-order valence-electron chi connectivity index (χ1n) is 14.9. The second kappa shape index (κ2) is 13.9.